The van der Waals surface area contributed by atoms with Gasteiger partial charge in [-0.2, -0.15) is 0 Å². The Balaban J connectivity index is 1.68. The summed E-state index contributed by atoms with van der Waals surface area (Å²) in [5.41, 5.74) is -0.0137. The Kier molecular flexibility index (Phi) is 6.04. The van der Waals surface area contributed by atoms with Crippen LogP contribution in [0.25, 0.3) is 0 Å². The standard InChI is InChI=1S/C23H34N2O4S/c1-27-17-13-16(14-18(28-2)20(17)29-3)15-25-21(30)24-22(10-6-4-7-11-22)19-9-5-8-12-23(19,25)26/h13-14,19,26H,4-12,15H2,1-3H3,(H,24,30)/t19-,23-/m1/s1. The number of hydrogen-bond donors (Lipinski definition) is 2. The normalized spacial score (nSPS) is 27.9. The zero-order chi connectivity index (χ0) is 21.4. The fourth-order valence-corrected chi connectivity index (χ4v) is 6.42. The van der Waals surface area contributed by atoms with Crippen molar-refractivity contribution < 1.29 is 19.3 Å². The van der Waals surface area contributed by atoms with Crippen LogP contribution in [0.3, 0.4) is 0 Å². The quantitative estimate of drug-likeness (QED) is 0.680. The van der Waals surface area contributed by atoms with Crippen molar-refractivity contribution >= 4 is 17.3 Å². The van der Waals surface area contributed by atoms with Gasteiger partial charge in [0.1, 0.15) is 5.72 Å². The first-order valence-electron chi connectivity index (χ1n) is 11.1. The van der Waals surface area contributed by atoms with E-state index in [1.165, 1.54) is 25.7 Å². The van der Waals surface area contributed by atoms with Crippen molar-refractivity contribution in [2.75, 3.05) is 21.3 Å². The van der Waals surface area contributed by atoms with Crippen LogP contribution in [0.2, 0.25) is 0 Å². The second-order valence-corrected chi connectivity index (χ2v) is 9.33. The number of ether oxygens (including phenoxy) is 3. The van der Waals surface area contributed by atoms with Crippen LogP contribution in [0.4, 0.5) is 0 Å². The van der Waals surface area contributed by atoms with Crippen LogP contribution in [0.1, 0.15) is 63.4 Å². The van der Waals surface area contributed by atoms with Gasteiger partial charge in [-0.15, -0.1) is 0 Å². The van der Waals surface area contributed by atoms with E-state index in [4.69, 9.17) is 26.4 Å². The molecule has 1 aromatic carbocycles. The Labute approximate surface area is 184 Å². The first-order chi connectivity index (χ1) is 14.5. The van der Waals surface area contributed by atoms with Crippen LogP contribution in [0, 0.1) is 5.92 Å². The van der Waals surface area contributed by atoms with Gasteiger partial charge < -0.3 is 29.5 Å². The smallest absolute Gasteiger partial charge is 0.203 e. The molecule has 4 rings (SSSR count). The largest absolute Gasteiger partial charge is 0.493 e. The molecule has 1 saturated heterocycles. The second-order valence-electron chi connectivity index (χ2n) is 8.94. The monoisotopic (exact) mass is 434 g/mol. The summed E-state index contributed by atoms with van der Waals surface area (Å²) in [6.45, 7) is 0.492. The number of fused-ring (bicyclic) bond motifs is 2. The molecule has 0 unspecified atom stereocenters. The molecule has 3 aliphatic rings. The summed E-state index contributed by atoms with van der Waals surface area (Å²) in [7, 11) is 4.83. The molecule has 6 nitrogen and oxygen atoms in total. The van der Waals surface area contributed by atoms with Crippen molar-refractivity contribution in [1.82, 2.24) is 10.2 Å². The third-order valence-corrected chi connectivity index (χ3v) is 7.71. The Morgan fingerprint density at radius 1 is 1.00 bits per heavy atom. The van der Waals surface area contributed by atoms with Crippen LogP contribution in [0.5, 0.6) is 17.2 Å². The van der Waals surface area contributed by atoms with Crippen LogP contribution < -0.4 is 19.5 Å². The molecule has 0 amide bonds. The van der Waals surface area contributed by atoms with Gasteiger partial charge in [-0.1, -0.05) is 25.7 Å². The summed E-state index contributed by atoms with van der Waals surface area (Å²) >= 11 is 5.86. The van der Waals surface area contributed by atoms with Crippen molar-refractivity contribution in [2.24, 2.45) is 5.92 Å². The van der Waals surface area contributed by atoms with Crippen molar-refractivity contribution in [3.05, 3.63) is 17.7 Å². The van der Waals surface area contributed by atoms with Crippen molar-refractivity contribution in [3.8, 4) is 17.2 Å². The number of thiocarbonyl (C=S) groups is 1. The summed E-state index contributed by atoms with van der Waals surface area (Å²) in [5.74, 6) is 1.98. The Bertz CT molecular complexity index is 770. The third kappa shape index (κ3) is 3.50. The number of aliphatic hydroxyl groups is 1. The molecule has 2 atom stereocenters. The van der Waals surface area contributed by atoms with Gasteiger partial charge in [-0.05, 0) is 62.0 Å². The van der Waals surface area contributed by atoms with Gasteiger partial charge in [-0.3, -0.25) is 0 Å². The average molecular weight is 435 g/mol. The van der Waals surface area contributed by atoms with E-state index in [2.05, 4.69) is 5.32 Å². The SMILES string of the molecule is COc1cc(CN2C(=S)NC3(CCCCC3)[C@H]3CCCC[C@@]32O)cc(OC)c1OC. The molecular formula is C23H34N2O4S. The van der Waals surface area contributed by atoms with Gasteiger partial charge in [0.2, 0.25) is 5.75 Å². The molecular weight excluding hydrogens is 400 g/mol. The van der Waals surface area contributed by atoms with Crippen molar-refractivity contribution in [1.29, 1.82) is 0 Å². The molecule has 7 heteroatoms. The van der Waals surface area contributed by atoms with Crippen LogP contribution >= 0.6 is 12.2 Å². The zero-order valence-electron chi connectivity index (χ0n) is 18.3. The molecule has 2 N–H and O–H groups in total. The molecule has 166 valence electrons. The molecule has 0 aromatic heterocycles. The minimum Gasteiger partial charge on any atom is -0.493 e. The maximum atomic E-state index is 12.1. The first-order valence-corrected chi connectivity index (χ1v) is 11.5. The molecule has 1 aliphatic heterocycles. The summed E-state index contributed by atoms with van der Waals surface area (Å²) < 4.78 is 16.5. The van der Waals surface area contributed by atoms with E-state index >= 15 is 0 Å². The topological polar surface area (TPSA) is 63.2 Å². The fourth-order valence-electron chi connectivity index (χ4n) is 6.00. The Morgan fingerprint density at radius 2 is 1.63 bits per heavy atom. The van der Waals surface area contributed by atoms with Gasteiger partial charge in [0, 0.05) is 18.0 Å². The highest BCUT2D eigenvalue weighted by Gasteiger charge is 2.58. The molecule has 3 fully saturated rings. The number of nitrogens with one attached hydrogen (secondary N) is 1. The Morgan fingerprint density at radius 3 is 2.23 bits per heavy atom. The van der Waals surface area contributed by atoms with Gasteiger partial charge in [-0.25, -0.2) is 0 Å². The third-order valence-electron chi connectivity index (χ3n) is 7.39. The molecule has 2 aliphatic carbocycles. The Hall–Kier alpha value is -1.73. The summed E-state index contributed by atoms with van der Waals surface area (Å²) in [4.78, 5) is 2.01. The lowest BCUT2D eigenvalue weighted by Crippen LogP contribution is -2.75. The first kappa shape index (κ1) is 21.5. The lowest BCUT2D eigenvalue weighted by atomic mass is 9.62. The molecule has 1 spiro atoms. The van der Waals surface area contributed by atoms with Crippen LogP contribution in [0.15, 0.2) is 12.1 Å². The zero-order valence-corrected chi connectivity index (χ0v) is 19.1. The van der Waals surface area contributed by atoms with Gasteiger partial charge >= 0.3 is 0 Å². The number of hydrogen-bond acceptors (Lipinski definition) is 5. The molecule has 1 heterocycles. The highest BCUT2D eigenvalue weighted by Crippen LogP contribution is 2.51. The van der Waals surface area contributed by atoms with E-state index in [9.17, 15) is 5.11 Å². The maximum absolute atomic E-state index is 12.1. The molecule has 2 saturated carbocycles. The summed E-state index contributed by atoms with van der Waals surface area (Å²) in [5, 5.41) is 16.4. The van der Waals surface area contributed by atoms with Crippen molar-refractivity contribution in [3.63, 3.8) is 0 Å². The predicted octanol–water partition coefficient (Wildman–Crippen LogP) is 3.98. The molecule has 30 heavy (non-hydrogen) atoms. The highest BCUT2D eigenvalue weighted by atomic mass is 32.1. The van der Waals surface area contributed by atoms with E-state index in [0.717, 1.165) is 37.7 Å². The fraction of sp³-hybridized carbons (Fsp3) is 0.696. The van der Waals surface area contributed by atoms with E-state index in [0.29, 0.717) is 28.9 Å². The number of benzene rings is 1. The number of methoxy groups -OCH3 is 3. The average Bonchev–Trinajstić information content (AvgIpc) is 2.76. The molecule has 0 bridgehead atoms. The van der Waals surface area contributed by atoms with E-state index in [-0.39, 0.29) is 11.5 Å². The highest BCUT2D eigenvalue weighted by molar-refractivity contribution is 7.80. The van der Waals surface area contributed by atoms with E-state index in [1.54, 1.807) is 21.3 Å². The van der Waals surface area contributed by atoms with E-state index < -0.39 is 5.72 Å². The van der Waals surface area contributed by atoms with Gasteiger partial charge in [0.15, 0.2) is 16.6 Å². The van der Waals surface area contributed by atoms with Gasteiger partial charge in [0.25, 0.3) is 0 Å². The lowest BCUT2D eigenvalue weighted by molar-refractivity contribution is -0.184. The van der Waals surface area contributed by atoms with E-state index in [1.807, 2.05) is 17.0 Å². The molecule has 0 radical (unpaired) electrons. The number of rotatable bonds is 5. The predicted molar refractivity (Wildman–Crippen MR) is 120 cm³/mol. The summed E-state index contributed by atoms with van der Waals surface area (Å²) in [6, 6.07) is 3.88. The second kappa shape index (κ2) is 8.42. The summed E-state index contributed by atoms with van der Waals surface area (Å²) in [6.07, 6.45) is 9.86. The number of nitrogens with zero attached hydrogens (tertiary/aromatic N) is 1. The minimum absolute atomic E-state index is 0.0592. The van der Waals surface area contributed by atoms with Crippen LogP contribution in [-0.2, 0) is 6.54 Å². The maximum Gasteiger partial charge on any atom is 0.203 e. The van der Waals surface area contributed by atoms with Crippen molar-refractivity contribution in [2.45, 2.75) is 75.6 Å². The minimum atomic E-state index is -0.918. The van der Waals surface area contributed by atoms with Gasteiger partial charge in [0.05, 0.1) is 21.3 Å². The lowest BCUT2D eigenvalue weighted by Gasteiger charge is -2.61. The molecule has 1 aromatic rings. The van der Waals surface area contributed by atoms with Crippen LogP contribution in [-0.4, -0.2) is 47.7 Å².